The molecule has 2 fully saturated rings. The maximum Gasteiger partial charge on any atom is 0.257 e. The summed E-state index contributed by atoms with van der Waals surface area (Å²) in [5.41, 5.74) is 1.48. The highest BCUT2D eigenvalue weighted by molar-refractivity contribution is 8.15. The molecule has 2 saturated carbocycles. The summed E-state index contributed by atoms with van der Waals surface area (Å²) in [5, 5.41) is 3.80. The maximum atomic E-state index is 12.9. The van der Waals surface area contributed by atoms with Crippen LogP contribution in [0.5, 0.6) is 0 Å². The second-order valence-corrected chi connectivity index (χ2v) is 10.6. The highest BCUT2D eigenvalue weighted by Crippen LogP contribution is 2.52. The molecule has 4 aliphatic rings. The zero-order valence-corrected chi connectivity index (χ0v) is 16.2. The largest absolute Gasteiger partial charge is 0.346 e. The number of carbonyl (C=O) groups is 1. The summed E-state index contributed by atoms with van der Waals surface area (Å²) in [6, 6.07) is 5.60. The summed E-state index contributed by atoms with van der Waals surface area (Å²) in [6.07, 6.45) is 4.82. The molecule has 0 atom stereocenters. The van der Waals surface area contributed by atoms with Gasteiger partial charge in [0.2, 0.25) is 0 Å². The van der Waals surface area contributed by atoms with Gasteiger partial charge in [0, 0.05) is 22.5 Å². The summed E-state index contributed by atoms with van der Waals surface area (Å²) >= 11 is 1.33. The second-order valence-electron chi connectivity index (χ2n) is 7.88. The quantitative estimate of drug-likeness (QED) is 0.854. The Morgan fingerprint density at radius 1 is 1.27 bits per heavy atom. The fraction of sp³-hybridized carbons (Fsp3) is 0.556. The van der Waals surface area contributed by atoms with Crippen LogP contribution in [0.4, 0.5) is 5.69 Å². The average molecular weight is 392 g/mol. The fourth-order valence-corrected chi connectivity index (χ4v) is 6.39. The predicted molar refractivity (Wildman–Crippen MR) is 102 cm³/mol. The van der Waals surface area contributed by atoms with E-state index in [0.29, 0.717) is 29.1 Å². The predicted octanol–water partition coefficient (Wildman–Crippen LogP) is 2.61. The van der Waals surface area contributed by atoms with Gasteiger partial charge in [-0.25, -0.2) is 8.42 Å². The molecule has 2 aliphatic heterocycles. The molecule has 26 heavy (non-hydrogen) atoms. The van der Waals surface area contributed by atoms with E-state index in [2.05, 4.69) is 16.6 Å². The van der Waals surface area contributed by atoms with Crippen LogP contribution in [0.25, 0.3) is 0 Å². The van der Waals surface area contributed by atoms with Crippen molar-refractivity contribution in [1.29, 1.82) is 0 Å². The monoisotopic (exact) mass is 391 g/mol. The van der Waals surface area contributed by atoms with Gasteiger partial charge in [-0.15, -0.1) is 4.40 Å². The summed E-state index contributed by atoms with van der Waals surface area (Å²) in [4.78, 5) is 15.7. The number of benzene rings is 1. The van der Waals surface area contributed by atoms with Crippen molar-refractivity contribution in [2.45, 2.75) is 43.0 Å². The number of carbonyl (C=O) groups excluding carboxylic acids is 1. The molecule has 6 nitrogen and oxygen atoms in total. The van der Waals surface area contributed by atoms with E-state index in [-0.39, 0.29) is 17.2 Å². The molecule has 0 radical (unpaired) electrons. The van der Waals surface area contributed by atoms with Gasteiger partial charge in [-0.05, 0) is 74.4 Å². The molecule has 1 aromatic carbocycles. The Bertz CT molecular complexity index is 921. The molecule has 5 rings (SSSR count). The van der Waals surface area contributed by atoms with E-state index in [0.717, 1.165) is 10.6 Å². The Kier molecular flexibility index (Phi) is 3.50. The van der Waals surface area contributed by atoms with Crippen LogP contribution in [0.3, 0.4) is 0 Å². The van der Waals surface area contributed by atoms with Crippen LogP contribution in [-0.4, -0.2) is 37.3 Å². The lowest BCUT2D eigenvalue weighted by molar-refractivity contribution is 0.0879. The molecular weight excluding hydrogens is 370 g/mol. The van der Waals surface area contributed by atoms with Crippen LogP contribution in [0.1, 0.15) is 43.0 Å². The Morgan fingerprint density at radius 2 is 1.96 bits per heavy atom. The van der Waals surface area contributed by atoms with Crippen LogP contribution in [0.2, 0.25) is 0 Å². The average Bonchev–Trinajstić information content (AvgIpc) is 3.46. The summed E-state index contributed by atoms with van der Waals surface area (Å²) in [6.45, 7) is 2.61. The third kappa shape index (κ3) is 2.74. The Labute approximate surface area is 157 Å². The molecule has 8 heteroatoms. The van der Waals surface area contributed by atoms with Crippen molar-refractivity contribution in [3.05, 3.63) is 23.8 Å². The van der Waals surface area contributed by atoms with E-state index >= 15 is 0 Å². The number of sulfonamides is 1. The van der Waals surface area contributed by atoms with Crippen molar-refractivity contribution < 1.29 is 13.2 Å². The van der Waals surface area contributed by atoms with Crippen molar-refractivity contribution in [2.24, 2.45) is 16.2 Å². The summed E-state index contributed by atoms with van der Waals surface area (Å²) in [7, 11) is -3.36. The van der Waals surface area contributed by atoms with Gasteiger partial charge < -0.3 is 10.2 Å². The van der Waals surface area contributed by atoms with Gasteiger partial charge in [0.1, 0.15) is 0 Å². The minimum Gasteiger partial charge on any atom is -0.346 e. The van der Waals surface area contributed by atoms with Crippen LogP contribution >= 0.6 is 11.8 Å². The number of hydrogen-bond acceptors (Lipinski definition) is 5. The van der Waals surface area contributed by atoms with Gasteiger partial charge in [0.25, 0.3) is 15.9 Å². The Balaban J connectivity index is 1.40. The first-order chi connectivity index (χ1) is 12.4. The number of hydrogen-bond donors (Lipinski definition) is 1. The third-order valence-corrected chi connectivity index (χ3v) is 8.27. The Hall–Kier alpha value is -1.54. The van der Waals surface area contributed by atoms with Gasteiger partial charge in [-0.3, -0.25) is 4.79 Å². The number of rotatable bonds is 4. The molecule has 0 saturated heterocycles. The van der Waals surface area contributed by atoms with Gasteiger partial charge in [0.05, 0.1) is 11.4 Å². The number of nitrogens with zero attached hydrogens (tertiary/aromatic N) is 2. The lowest BCUT2D eigenvalue weighted by Crippen LogP contribution is -2.49. The van der Waals surface area contributed by atoms with Crippen molar-refractivity contribution in [2.75, 3.05) is 17.2 Å². The van der Waals surface area contributed by atoms with E-state index in [1.54, 1.807) is 0 Å². The topological polar surface area (TPSA) is 78.8 Å². The van der Waals surface area contributed by atoms with Gasteiger partial charge in [0.15, 0.2) is 5.17 Å². The molecule has 2 heterocycles. The SMILES string of the molecule is CC(NC(=O)c1ccc2c(c1)SC1=NS(=O)(=O)CCN12)(C1CC1)C1CC1. The maximum absolute atomic E-state index is 12.9. The normalized spacial score (nSPS) is 23.9. The molecule has 2 aliphatic carbocycles. The van der Waals surface area contributed by atoms with Gasteiger partial charge >= 0.3 is 0 Å². The number of anilines is 1. The van der Waals surface area contributed by atoms with Crippen molar-refractivity contribution in [3.8, 4) is 0 Å². The molecule has 1 N–H and O–H groups in total. The molecule has 0 bridgehead atoms. The first kappa shape index (κ1) is 16.6. The highest BCUT2D eigenvalue weighted by Gasteiger charge is 2.51. The third-order valence-electron chi connectivity index (χ3n) is 5.97. The number of fused-ring (bicyclic) bond motifs is 3. The number of thioether (sulfide) groups is 1. The van der Waals surface area contributed by atoms with E-state index in [9.17, 15) is 13.2 Å². The minimum atomic E-state index is -3.36. The molecule has 1 aromatic rings. The highest BCUT2D eigenvalue weighted by atomic mass is 32.2. The first-order valence-corrected chi connectivity index (χ1v) is 11.5. The standard InChI is InChI=1S/C18H21N3O3S2/c1-18(12-3-4-12,13-5-6-13)19-16(22)11-2-7-14-15(10-11)25-17-20-26(23,24)9-8-21(14)17/h2,7,10,12-13H,3-6,8-9H2,1H3,(H,19,22). The summed E-state index contributed by atoms with van der Waals surface area (Å²) < 4.78 is 27.3. The molecule has 138 valence electrons. The van der Waals surface area contributed by atoms with Crippen LogP contribution in [-0.2, 0) is 10.0 Å². The molecule has 0 aromatic heterocycles. The second kappa shape index (κ2) is 5.48. The van der Waals surface area contributed by atoms with Gasteiger partial charge in [-0.2, -0.15) is 0 Å². The van der Waals surface area contributed by atoms with E-state index in [4.69, 9.17) is 0 Å². The molecule has 0 unspecified atom stereocenters. The first-order valence-electron chi connectivity index (χ1n) is 9.10. The van der Waals surface area contributed by atoms with Crippen LogP contribution < -0.4 is 10.2 Å². The summed E-state index contributed by atoms with van der Waals surface area (Å²) in [5.74, 6) is 1.21. The van der Waals surface area contributed by atoms with Crippen LogP contribution in [0.15, 0.2) is 27.5 Å². The smallest absolute Gasteiger partial charge is 0.257 e. The molecule has 0 spiro atoms. The lowest BCUT2D eigenvalue weighted by Gasteiger charge is -2.31. The van der Waals surface area contributed by atoms with Crippen LogP contribution in [0, 0.1) is 11.8 Å². The van der Waals surface area contributed by atoms with Crippen molar-refractivity contribution in [1.82, 2.24) is 5.32 Å². The minimum absolute atomic E-state index is 0.0276. The van der Waals surface area contributed by atoms with E-state index in [1.807, 2.05) is 23.1 Å². The number of amides is 1. The number of nitrogens with one attached hydrogen (secondary N) is 1. The Morgan fingerprint density at radius 3 is 2.62 bits per heavy atom. The number of amidine groups is 1. The molecular formula is C18H21N3O3S2. The van der Waals surface area contributed by atoms with E-state index in [1.165, 1.54) is 37.4 Å². The molecule has 1 amide bonds. The van der Waals surface area contributed by atoms with Gasteiger partial charge in [-0.1, -0.05) is 0 Å². The van der Waals surface area contributed by atoms with Crippen molar-refractivity contribution in [3.63, 3.8) is 0 Å². The fourth-order valence-electron chi connectivity index (χ4n) is 4.09. The lowest BCUT2D eigenvalue weighted by atomic mass is 9.89. The zero-order chi connectivity index (χ0) is 18.1. The van der Waals surface area contributed by atoms with E-state index < -0.39 is 10.0 Å². The van der Waals surface area contributed by atoms with Crippen molar-refractivity contribution >= 4 is 38.5 Å². The zero-order valence-electron chi connectivity index (χ0n) is 14.6.